The van der Waals surface area contributed by atoms with Crippen LogP contribution in [-0.2, 0) is 10.0 Å². The van der Waals surface area contributed by atoms with Gasteiger partial charge in [-0.15, -0.1) is 0 Å². The fraction of sp³-hybridized carbons (Fsp3) is 0.286. The third-order valence-corrected chi connectivity index (χ3v) is 8.29. The first-order valence-electron chi connectivity index (χ1n) is 9.91. The minimum atomic E-state index is -4.07. The number of carbonyl (C=O) groups excluding carboxylic acids is 1. The van der Waals surface area contributed by atoms with Gasteiger partial charge in [-0.2, -0.15) is 0 Å². The van der Waals surface area contributed by atoms with Crippen LogP contribution in [0.25, 0.3) is 11.0 Å². The molecule has 1 aromatic heterocycles. The highest BCUT2D eigenvalue weighted by molar-refractivity contribution is 8.14. The molecule has 0 N–H and O–H groups in total. The van der Waals surface area contributed by atoms with Gasteiger partial charge in [0.1, 0.15) is 10.8 Å². The maximum Gasteiger partial charge on any atom is 0.244 e. The molecular formula is C21H19ClF3N3O3S2. The molecule has 3 aromatic rings. The Bertz CT molecular complexity index is 1320. The lowest BCUT2D eigenvalue weighted by molar-refractivity contribution is 0.103. The minimum Gasteiger partial charge on any atom is -0.288 e. The summed E-state index contributed by atoms with van der Waals surface area (Å²) < 4.78 is 70.7. The Hall–Kier alpha value is -2.37. The fourth-order valence-electron chi connectivity index (χ4n) is 3.01. The standard InChI is InChI=1S/C21H19ClF3N3O3S2/c1-3-7-32-28(33(30,31)8-4-2)16-10-13(23)19(24)18(20(16)25)21(29)12-5-6-14-15(9-12)27-17(22)11-26-14/h5-6,9-11H,3-4,7-8H2,1-2H3. The van der Waals surface area contributed by atoms with Gasteiger partial charge >= 0.3 is 0 Å². The molecule has 0 saturated heterocycles. The molecule has 33 heavy (non-hydrogen) atoms. The van der Waals surface area contributed by atoms with Gasteiger partial charge in [-0.25, -0.2) is 30.3 Å². The summed E-state index contributed by atoms with van der Waals surface area (Å²) in [5, 5.41) is 0.0437. The van der Waals surface area contributed by atoms with E-state index in [-0.39, 0.29) is 34.2 Å². The van der Waals surface area contributed by atoms with Gasteiger partial charge in [-0.1, -0.05) is 25.4 Å². The van der Waals surface area contributed by atoms with Gasteiger partial charge in [0.05, 0.1) is 28.5 Å². The molecule has 3 rings (SSSR count). The average Bonchev–Trinajstić information content (AvgIpc) is 2.76. The number of rotatable bonds is 9. The smallest absolute Gasteiger partial charge is 0.244 e. The van der Waals surface area contributed by atoms with Crippen LogP contribution in [0.5, 0.6) is 0 Å². The molecular weight excluding hydrogens is 499 g/mol. The summed E-state index contributed by atoms with van der Waals surface area (Å²) in [5.41, 5.74) is -1.57. The molecule has 176 valence electrons. The van der Waals surface area contributed by atoms with Crippen molar-refractivity contribution in [2.45, 2.75) is 26.7 Å². The quantitative estimate of drug-likeness (QED) is 0.211. The molecule has 0 atom stereocenters. The third-order valence-electron chi connectivity index (χ3n) is 4.46. The summed E-state index contributed by atoms with van der Waals surface area (Å²) >= 11 is 6.55. The number of halogens is 4. The molecule has 0 unspecified atom stereocenters. The van der Waals surface area contributed by atoms with Crippen LogP contribution in [0.3, 0.4) is 0 Å². The molecule has 0 saturated carbocycles. The van der Waals surface area contributed by atoms with E-state index in [9.17, 15) is 22.0 Å². The highest BCUT2D eigenvalue weighted by atomic mass is 35.5. The van der Waals surface area contributed by atoms with Crippen LogP contribution < -0.4 is 3.71 Å². The van der Waals surface area contributed by atoms with Crippen molar-refractivity contribution in [3.63, 3.8) is 0 Å². The van der Waals surface area contributed by atoms with Crippen LogP contribution in [0.1, 0.15) is 42.6 Å². The van der Waals surface area contributed by atoms with E-state index >= 15 is 4.39 Å². The topological polar surface area (TPSA) is 80.2 Å². The van der Waals surface area contributed by atoms with Crippen molar-refractivity contribution in [3.05, 3.63) is 64.2 Å². The monoisotopic (exact) mass is 517 g/mol. The van der Waals surface area contributed by atoms with Crippen molar-refractivity contribution in [3.8, 4) is 0 Å². The molecule has 0 aliphatic carbocycles. The SMILES string of the molecule is CCCSN(c1cc(F)c(F)c(C(=O)c2ccc3ncc(Cl)nc3c2)c1F)S(=O)(=O)CCC. The highest BCUT2D eigenvalue weighted by Gasteiger charge is 2.32. The zero-order valence-corrected chi connectivity index (χ0v) is 20.0. The van der Waals surface area contributed by atoms with E-state index in [0.717, 1.165) is 11.9 Å². The molecule has 0 radical (unpaired) electrons. The zero-order chi connectivity index (χ0) is 24.3. The lowest BCUT2D eigenvalue weighted by Crippen LogP contribution is -2.29. The Kier molecular flexibility index (Phi) is 7.86. The molecule has 6 nitrogen and oxygen atoms in total. The van der Waals surface area contributed by atoms with Gasteiger partial charge in [0.25, 0.3) is 0 Å². The van der Waals surface area contributed by atoms with Gasteiger partial charge in [0.2, 0.25) is 10.0 Å². The predicted molar refractivity (Wildman–Crippen MR) is 124 cm³/mol. The Morgan fingerprint density at radius 1 is 1.09 bits per heavy atom. The molecule has 0 amide bonds. The molecule has 0 bridgehead atoms. The van der Waals surface area contributed by atoms with Crippen molar-refractivity contribution in [2.24, 2.45) is 0 Å². The number of nitrogens with zero attached hydrogens (tertiary/aromatic N) is 3. The fourth-order valence-corrected chi connectivity index (χ4v) is 5.98. The first-order valence-corrected chi connectivity index (χ1v) is 12.8. The average molecular weight is 518 g/mol. The summed E-state index contributed by atoms with van der Waals surface area (Å²) in [6, 6.07) is 4.32. The number of fused-ring (bicyclic) bond motifs is 1. The Labute approximate surface area is 198 Å². The Balaban J connectivity index is 2.17. The minimum absolute atomic E-state index is 0.0437. The number of carbonyl (C=O) groups is 1. The van der Waals surface area contributed by atoms with Crippen molar-refractivity contribution in [2.75, 3.05) is 15.2 Å². The van der Waals surface area contributed by atoms with Gasteiger partial charge in [0, 0.05) is 17.4 Å². The number of sulfonamides is 1. The van der Waals surface area contributed by atoms with Crippen molar-refractivity contribution >= 4 is 56.1 Å². The lowest BCUT2D eigenvalue weighted by Gasteiger charge is -2.24. The van der Waals surface area contributed by atoms with Gasteiger partial charge < -0.3 is 0 Å². The third kappa shape index (κ3) is 5.25. The first-order chi connectivity index (χ1) is 15.6. The van der Waals surface area contributed by atoms with Crippen molar-refractivity contribution < 1.29 is 26.4 Å². The number of benzene rings is 2. The zero-order valence-electron chi connectivity index (χ0n) is 17.6. The second kappa shape index (κ2) is 10.3. The van der Waals surface area contributed by atoms with Crippen molar-refractivity contribution in [1.29, 1.82) is 0 Å². The van der Waals surface area contributed by atoms with Crippen LogP contribution in [-0.4, -0.2) is 35.7 Å². The predicted octanol–water partition coefficient (Wildman–Crippen LogP) is 5.54. The number of anilines is 1. The van der Waals surface area contributed by atoms with Crippen molar-refractivity contribution in [1.82, 2.24) is 9.97 Å². The van der Waals surface area contributed by atoms with Gasteiger partial charge in [0.15, 0.2) is 23.2 Å². The number of hydrogen-bond acceptors (Lipinski definition) is 6. The van der Waals surface area contributed by atoms with Crippen LogP contribution >= 0.6 is 23.5 Å². The lowest BCUT2D eigenvalue weighted by atomic mass is 10.0. The summed E-state index contributed by atoms with van der Waals surface area (Å²) in [4.78, 5) is 21.1. The molecule has 0 aliphatic rings. The highest BCUT2D eigenvalue weighted by Crippen LogP contribution is 2.35. The van der Waals surface area contributed by atoms with E-state index in [1.807, 2.05) is 0 Å². The van der Waals surface area contributed by atoms with E-state index in [1.54, 1.807) is 13.8 Å². The molecule has 1 heterocycles. The van der Waals surface area contributed by atoms with Crippen LogP contribution in [0.15, 0.2) is 30.5 Å². The number of hydrogen-bond donors (Lipinski definition) is 0. The van der Waals surface area contributed by atoms with Crippen LogP contribution in [0, 0.1) is 17.5 Å². The number of ketones is 1. The van der Waals surface area contributed by atoms with E-state index in [0.29, 0.717) is 21.7 Å². The normalized spacial score (nSPS) is 11.7. The number of aromatic nitrogens is 2. The Morgan fingerprint density at radius 2 is 1.82 bits per heavy atom. The second-order valence-corrected chi connectivity index (χ2v) is 10.6. The molecule has 2 aromatic carbocycles. The van der Waals surface area contributed by atoms with Crippen LogP contribution in [0.4, 0.5) is 18.9 Å². The summed E-state index contributed by atoms with van der Waals surface area (Å²) in [6.45, 7) is 3.40. The largest absolute Gasteiger partial charge is 0.288 e. The molecule has 0 aliphatic heterocycles. The second-order valence-electron chi connectivity index (χ2n) is 6.98. The molecule has 0 fully saturated rings. The summed E-state index contributed by atoms with van der Waals surface area (Å²) in [7, 11) is -4.07. The van der Waals surface area contributed by atoms with E-state index in [4.69, 9.17) is 11.6 Å². The maximum atomic E-state index is 15.5. The maximum absolute atomic E-state index is 15.5. The Morgan fingerprint density at radius 3 is 2.48 bits per heavy atom. The first kappa shape index (κ1) is 25.3. The van der Waals surface area contributed by atoms with E-state index < -0.39 is 44.5 Å². The molecule has 0 spiro atoms. The summed E-state index contributed by atoms with van der Waals surface area (Å²) in [5.74, 6) is -5.98. The summed E-state index contributed by atoms with van der Waals surface area (Å²) in [6.07, 6.45) is 2.06. The molecule has 12 heteroatoms. The van der Waals surface area contributed by atoms with Gasteiger partial charge in [-0.05, 0) is 43.0 Å². The van der Waals surface area contributed by atoms with Crippen LogP contribution in [0.2, 0.25) is 5.15 Å². The van der Waals surface area contributed by atoms with Gasteiger partial charge in [-0.3, -0.25) is 9.78 Å². The van der Waals surface area contributed by atoms with E-state index in [2.05, 4.69) is 9.97 Å². The van der Waals surface area contributed by atoms with E-state index in [1.165, 1.54) is 24.4 Å².